The van der Waals surface area contributed by atoms with E-state index in [1.807, 2.05) is 0 Å². The summed E-state index contributed by atoms with van der Waals surface area (Å²) in [5.74, 6) is -0.575. The van der Waals surface area contributed by atoms with E-state index in [2.05, 4.69) is 10.3 Å². The Morgan fingerprint density at radius 1 is 1.20 bits per heavy atom. The van der Waals surface area contributed by atoms with Crippen molar-refractivity contribution in [1.82, 2.24) is 0 Å². The largest absolute Gasteiger partial charge is 0.421 e. The van der Waals surface area contributed by atoms with Gasteiger partial charge in [-0.3, -0.25) is 4.79 Å². The molecule has 1 amide bonds. The number of carbonyl (C=O) groups excluding carboxylic acids is 2. The first kappa shape index (κ1) is 18.6. The van der Waals surface area contributed by atoms with Crippen molar-refractivity contribution < 1.29 is 14.3 Å². The number of amides is 1. The Morgan fingerprint density at radius 2 is 1.88 bits per heavy atom. The lowest BCUT2D eigenvalue weighted by Crippen LogP contribution is -2.21. The van der Waals surface area contributed by atoms with Crippen molar-refractivity contribution in [2.75, 3.05) is 5.32 Å². The number of halogens is 2. The number of ether oxygens (including phenoxy) is 1. The standard InChI is InChI=1S/C16H13ClN4O3.ClH/c17-11-7-12-9(6-14(22)21-12)5-13(11)24-15(23)8-1-3-10(4-2-8)20-16(18)19;/h1-5,7H,6H2,(H,21,22)(H4,18,19,20);1H. The average molecular weight is 381 g/mol. The first-order chi connectivity index (χ1) is 11.4. The van der Waals surface area contributed by atoms with E-state index in [0.29, 0.717) is 16.9 Å². The minimum absolute atomic E-state index is 0. The molecule has 0 fully saturated rings. The SMILES string of the molecule is Cl.NC(N)=Nc1ccc(C(=O)Oc2cc3c(cc2Cl)NC(=O)C3)cc1. The van der Waals surface area contributed by atoms with Crippen molar-refractivity contribution in [3.63, 3.8) is 0 Å². The third kappa shape index (κ3) is 4.20. The van der Waals surface area contributed by atoms with Gasteiger partial charge in [0.05, 0.1) is 22.7 Å². The molecule has 1 aliphatic heterocycles. The van der Waals surface area contributed by atoms with Crippen molar-refractivity contribution in [3.8, 4) is 5.75 Å². The monoisotopic (exact) mass is 380 g/mol. The number of hydrogen-bond acceptors (Lipinski definition) is 4. The highest BCUT2D eigenvalue weighted by Crippen LogP contribution is 2.34. The zero-order valence-electron chi connectivity index (χ0n) is 12.8. The van der Waals surface area contributed by atoms with Crippen molar-refractivity contribution >= 4 is 53.2 Å². The molecule has 0 unspecified atom stereocenters. The molecule has 1 aliphatic rings. The summed E-state index contributed by atoms with van der Waals surface area (Å²) in [6.07, 6.45) is 0.226. The fourth-order valence-corrected chi connectivity index (χ4v) is 2.49. The molecule has 5 N–H and O–H groups in total. The van der Waals surface area contributed by atoms with Crippen molar-refractivity contribution in [2.24, 2.45) is 16.5 Å². The van der Waals surface area contributed by atoms with Gasteiger partial charge in [0.1, 0.15) is 5.75 Å². The second-order valence-corrected chi connectivity index (χ2v) is 5.54. The molecule has 3 rings (SSSR count). The maximum atomic E-state index is 12.2. The molecule has 0 aliphatic carbocycles. The molecule has 0 bridgehead atoms. The molecule has 7 nitrogen and oxygen atoms in total. The molecule has 2 aromatic rings. The maximum Gasteiger partial charge on any atom is 0.343 e. The van der Waals surface area contributed by atoms with Gasteiger partial charge in [0.2, 0.25) is 5.91 Å². The molecule has 25 heavy (non-hydrogen) atoms. The molecule has 0 atom stereocenters. The normalized spacial score (nSPS) is 11.8. The Hall–Kier alpha value is -2.77. The fourth-order valence-electron chi connectivity index (χ4n) is 2.28. The molecular formula is C16H14Cl2N4O3. The number of nitrogens with zero attached hydrogens (tertiary/aromatic N) is 1. The van der Waals surface area contributed by atoms with E-state index in [-0.39, 0.29) is 41.5 Å². The van der Waals surface area contributed by atoms with Crippen LogP contribution in [0.15, 0.2) is 41.4 Å². The number of aliphatic imine (C=N–C) groups is 1. The number of nitrogens with one attached hydrogen (secondary N) is 1. The van der Waals surface area contributed by atoms with Crippen molar-refractivity contribution in [2.45, 2.75) is 6.42 Å². The summed E-state index contributed by atoms with van der Waals surface area (Å²) in [6.45, 7) is 0. The van der Waals surface area contributed by atoms with Gasteiger partial charge in [-0.25, -0.2) is 9.79 Å². The molecule has 0 saturated carbocycles. The number of nitrogens with two attached hydrogens (primary N) is 2. The van der Waals surface area contributed by atoms with E-state index in [1.165, 1.54) is 12.1 Å². The lowest BCUT2D eigenvalue weighted by Gasteiger charge is -2.08. The van der Waals surface area contributed by atoms with E-state index in [0.717, 1.165) is 5.56 Å². The Kier molecular flexibility index (Phi) is 5.51. The predicted octanol–water partition coefficient (Wildman–Crippen LogP) is 2.38. The minimum Gasteiger partial charge on any atom is -0.421 e. The lowest BCUT2D eigenvalue weighted by molar-refractivity contribution is -0.115. The Balaban J connectivity index is 0.00000225. The number of carbonyl (C=O) groups is 2. The molecule has 0 spiro atoms. The number of hydrogen-bond donors (Lipinski definition) is 3. The van der Waals surface area contributed by atoms with Gasteiger partial charge < -0.3 is 21.5 Å². The van der Waals surface area contributed by atoms with Crippen LogP contribution in [-0.4, -0.2) is 17.8 Å². The fraction of sp³-hybridized carbons (Fsp3) is 0.0625. The third-order valence-electron chi connectivity index (χ3n) is 3.35. The van der Waals surface area contributed by atoms with Gasteiger partial charge in [-0.05, 0) is 42.0 Å². The van der Waals surface area contributed by atoms with Gasteiger partial charge in [0.25, 0.3) is 0 Å². The second-order valence-electron chi connectivity index (χ2n) is 5.14. The van der Waals surface area contributed by atoms with Gasteiger partial charge in [0.15, 0.2) is 5.96 Å². The van der Waals surface area contributed by atoms with Gasteiger partial charge in [-0.1, -0.05) is 11.6 Å². The summed E-state index contributed by atoms with van der Waals surface area (Å²) in [5, 5.41) is 2.91. The maximum absolute atomic E-state index is 12.2. The first-order valence-electron chi connectivity index (χ1n) is 6.96. The van der Waals surface area contributed by atoms with E-state index in [1.54, 1.807) is 24.3 Å². The molecule has 0 aromatic heterocycles. The Labute approximate surface area is 154 Å². The van der Waals surface area contributed by atoms with Gasteiger partial charge >= 0.3 is 5.97 Å². The average Bonchev–Trinajstić information content (AvgIpc) is 2.86. The Bertz CT molecular complexity index is 862. The molecule has 0 saturated heterocycles. The highest BCUT2D eigenvalue weighted by molar-refractivity contribution is 6.32. The smallest absolute Gasteiger partial charge is 0.343 e. The van der Waals surface area contributed by atoms with Crippen LogP contribution in [0.1, 0.15) is 15.9 Å². The molecule has 130 valence electrons. The van der Waals surface area contributed by atoms with Crippen LogP contribution < -0.4 is 21.5 Å². The summed E-state index contributed by atoms with van der Waals surface area (Å²) in [5.41, 5.74) is 12.8. The number of benzene rings is 2. The van der Waals surface area contributed by atoms with Crippen LogP contribution in [0, 0.1) is 0 Å². The number of esters is 1. The van der Waals surface area contributed by atoms with Gasteiger partial charge in [-0.2, -0.15) is 0 Å². The zero-order valence-corrected chi connectivity index (χ0v) is 14.4. The van der Waals surface area contributed by atoms with Crippen molar-refractivity contribution in [1.29, 1.82) is 0 Å². The van der Waals surface area contributed by atoms with Crippen LogP contribution >= 0.6 is 24.0 Å². The quantitative estimate of drug-likeness (QED) is 0.326. The van der Waals surface area contributed by atoms with Crippen LogP contribution in [0.25, 0.3) is 0 Å². The Morgan fingerprint density at radius 3 is 2.52 bits per heavy atom. The lowest BCUT2D eigenvalue weighted by atomic mass is 10.1. The van der Waals surface area contributed by atoms with Crippen LogP contribution in [0.5, 0.6) is 5.75 Å². The number of anilines is 1. The molecule has 0 radical (unpaired) electrons. The molecule has 2 aromatic carbocycles. The highest BCUT2D eigenvalue weighted by atomic mass is 35.5. The molecule has 9 heteroatoms. The predicted molar refractivity (Wildman–Crippen MR) is 97.9 cm³/mol. The van der Waals surface area contributed by atoms with Crippen LogP contribution in [0.2, 0.25) is 5.02 Å². The van der Waals surface area contributed by atoms with Crippen molar-refractivity contribution in [3.05, 3.63) is 52.5 Å². The number of rotatable bonds is 3. The summed E-state index contributed by atoms with van der Waals surface area (Å²) < 4.78 is 5.32. The molecular weight excluding hydrogens is 367 g/mol. The molecule has 1 heterocycles. The van der Waals surface area contributed by atoms with E-state index >= 15 is 0 Å². The number of fused-ring (bicyclic) bond motifs is 1. The van der Waals surface area contributed by atoms with Crippen LogP contribution in [-0.2, 0) is 11.2 Å². The van der Waals surface area contributed by atoms with E-state index < -0.39 is 5.97 Å². The van der Waals surface area contributed by atoms with Crippen LogP contribution in [0.4, 0.5) is 11.4 Å². The van der Waals surface area contributed by atoms with Gasteiger partial charge in [0, 0.05) is 5.69 Å². The summed E-state index contributed by atoms with van der Waals surface area (Å²) in [6, 6.07) is 9.40. The highest BCUT2D eigenvalue weighted by Gasteiger charge is 2.21. The summed E-state index contributed by atoms with van der Waals surface area (Å²) in [4.78, 5) is 27.5. The minimum atomic E-state index is -0.578. The van der Waals surface area contributed by atoms with E-state index in [9.17, 15) is 9.59 Å². The third-order valence-corrected chi connectivity index (χ3v) is 3.64. The van der Waals surface area contributed by atoms with Crippen LogP contribution in [0.3, 0.4) is 0 Å². The topological polar surface area (TPSA) is 120 Å². The first-order valence-corrected chi connectivity index (χ1v) is 7.34. The summed E-state index contributed by atoms with van der Waals surface area (Å²) >= 11 is 6.10. The summed E-state index contributed by atoms with van der Waals surface area (Å²) in [7, 11) is 0. The van der Waals surface area contributed by atoms with E-state index in [4.69, 9.17) is 27.8 Å². The van der Waals surface area contributed by atoms with Gasteiger partial charge in [-0.15, -0.1) is 12.4 Å². The number of guanidine groups is 1. The second kappa shape index (κ2) is 7.42. The zero-order chi connectivity index (χ0) is 17.3.